The van der Waals surface area contributed by atoms with Gasteiger partial charge in [0.15, 0.2) is 0 Å². The predicted octanol–water partition coefficient (Wildman–Crippen LogP) is 3.57. The van der Waals surface area contributed by atoms with Crippen molar-refractivity contribution in [3.63, 3.8) is 0 Å². The molecule has 0 spiro atoms. The molecule has 0 amide bonds. The van der Waals surface area contributed by atoms with E-state index in [9.17, 15) is 0 Å². The van der Waals surface area contributed by atoms with Crippen LogP contribution in [0.25, 0.3) is 11.0 Å². The Balaban J connectivity index is 1.86. The highest BCUT2D eigenvalue weighted by atomic mass is 35.5. The third-order valence-electron chi connectivity index (χ3n) is 4.18. The molecule has 1 saturated carbocycles. The molecule has 4 heteroatoms. The minimum absolute atomic E-state index is 0.475. The Labute approximate surface area is 125 Å². The fourth-order valence-corrected chi connectivity index (χ4v) is 3.11. The molecule has 0 bridgehead atoms. The van der Waals surface area contributed by atoms with Crippen molar-refractivity contribution in [2.75, 3.05) is 13.1 Å². The van der Waals surface area contributed by atoms with Crippen LogP contribution < -0.4 is 0 Å². The van der Waals surface area contributed by atoms with Gasteiger partial charge in [0.2, 0.25) is 0 Å². The Bertz CT molecular complexity index is 601. The normalized spacial score (nSPS) is 15.4. The molecule has 1 aromatic heterocycles. The van der Waals surface area contributed by atoms with Gasteiger partial charge < -0.3 is 4.57 Å². The number of benzene rings is 1. The molecule has 0 aliphatic heterocycles. The number of aryl methyl sites for hydroxylation is 1. The number of rotatable bonds is 6. The average molecular weight is 292 g/mol. The summed E-state index contributed by atoms with van der Waals surface area (Å²) >= 11 is 6.07. The number of alkyl halides is 1. The first-order chi connectivity index (χ1) is 9.72. The van der Waals surface area contributed by atoms with E-state index in [0.29, 0.717) is 5.88 Å². The smallest absolute Gasteiger partial charge is 0.124 e. The zero-order valence-corrected chi connectivity index (χ0v) is 13.0. The van der Waals surface area contributed by atoms with Crippen LogP contribution in [0.15, 0.2) is 18.2 Å². The van der Waals surface area contributed by atoms with Gasteiger partial charge in [-0.05, 0) is 44.0 Å². The first-order valence-corrected chi connectivity index (χ1v) is 8.02. The maximum Gasteiger partial charge on any atom is 0.124 e. The lowest BCUT2D eigenvalue weighted by molar-refractivity contribution is 0.266. The van der Waals surface area contributed by atoms with E-state index in [0.717, 1.165) is 37.0 Å². The maximum absolute atomic E-state index is 6.07. The molecular formula is C16H22ClN3. The number of likely N-dealkylation sites (N-methyl/N-ethyl adjacent to an activating group) is 1. The van der Waals surface area contributed by atoms with Crippen molar-refractivity contribution in [1.29, 1.82) is 0 Å². The standard InChI is InChI=1S/C16H22ClN3/c1-3-19(13-5-6-13)8-9-20-15-10-12(2)4-7-14(15)18-16(20)11-17/h4,7,10,13H,3,5-6,8-9,11H2,1-2H3. The van der Waals surface area contributed by atoms with Gasteiger partial charge in [-0.15, -0.1) is 11.6 Å². The van der Waals surface area contributed by atoms with Gasteiger partial charge in [-0.2, -0.15) is 0 Å². The van der Waals surface area contributed by atoms with Gasteiger partial charge >= 0.3 is 0 Å². The molecule has 1 heterocycles. The van der Waals surface area contributed by atoms with E-state index < -0.39 is 0 Å². The lowest BCUT2D eigenvalue weighted by Crippen LogP contribution is -2.29. The summed E-state index contributed by atoms with van der Waals surface area (Å²) in [5, 5.41) is 0. The summed E-state index contributed by atoms with van der Waals surface area (Å²) in [5.74, 6) is 1.46. The van der Waals surface area contributed by atoms with Crippen LogP contribution in [0, 0.1) is 6.92 Å². The number of imidazole rings is 1. The molecule has 1 aliphatic rings. The molecule has 0 atom stereocenters. The zero-order chi connectivity index (χ0) is 14.1. The van der Waals surface area contributed by atoms with Crippen LogP contribution in [-0.2, 0) is 12.4 Å². The van der Waals surface area contributed by atoms with Crippen LogP contribution in [0.3, 0.4) is 0 Å². The number of hydrogen-bond acceptors (Lipinski definition) is 2. The molecule has 2 aromatic rings. The van der Waals surface area contributed by atoms with E-state index >= 15 is 0 Å². The summed E-state index contributed by atoms with van der Waals surface area (Å²) in [6.07, 6.45) is 2.72. The van der Waals surface area contributed by atoms with Gasteiger partial charge in [0, 0.05) is 19.1 Å². The molecule has 20 heavy (non-hydrogen) atoms. The van der Waals surface area contributed by atoms with Crippen molar-refractivity contribution < 1.29 is 0 Å². The lowest BCUT2D eigenvalue weighted by Gasteiger charge is -2.20. The van der Waals surface area contributed by atoms with Gasteiger partial charge in [0.25, 0.3) is 0 Å². The van der Waals surface area contributed by atoms with Crippen LogP contribution in [0.2, 0.25) is 0 Å². The quantitative estimate of drug-likeness (QED) is 0.759. The molecule has 0 radical (unpaired) electrons. The molecule has 0 unspecified atom stereocenters. The summed E-state index contributed by atoms with van der Waals surface area (Å²) in [6.45, 7) is 7.57. The van der Waals surface area contributed by atoms with Crippen molar-refractivity contribution in [3.05, 3.63) is 29.6 Å². The third-order valence-corrected chi connectivity index (χ3v) is 4.42. The van der Waals surface area contributed by atoms with Crippen LogP contribution in [0.5, 0.6) is 0 Å². The maximum atomic E-state index is 6.07. The number of hydrogen-bond donors (Lipinski definition) is 0. The fourth-order valence-electron chi connectivity index (χ4n) is 2.90. The molecule has 0 N–H and O–H groups in total. The molecule has 3 nitrogen and oxygen atoms in total. The van der Waals surface area contributed by atoms with Gasteiger partial charge in [0.05, 0.1) is 16.9 Å². The minimum atomic E-state index is 0.475. The second-order valence-corrected chi connectivity index (χ2v) is 5.93. The summed E-state index contributed by atoms with van der Waals surface area (Å²) in [5.41, 5.74) is 3.54. The number of fused-ring (bicyclic) bond motifs is 1. The first kappa shape index (κ1) is 13.9. The van der Waals surface area contributed by atoms with Crippen LogP contribution in [0.4, 0.5) is 0 Å². The Morgan fingerprint density at radius 3 is 2.85 bits per heavy atom. The van der Waals surface area contributed by atoms with Crippen LogP contribution >= 0.6 is 11.6 Å². The van der Waals surface area contributed by atoms with Gasteiger partial charge in [-0.25, -0.2) is 4.98 Å². The first-order valence-electron chi connectivity index (χ1n) is 7.48. The van der Waals surface area contributed by atoms with Crippen molar-refractivity contribution in [2.45, 2.75) is 45.2 Å². The molecule has 1 aliphatic carbocycles. The van der Waals surface area contributed by atoms with E-state index in [1.807, 2.05) is 0 Å². The molecule has 0 saturated heterocycles. The van der Waals surface area contributed by atoms with Gasteiger partial charge in [-0.1, -0.05) is 13.0 Å². The molecule has 3 rings (SSSR count). The van der Waals surface area contributed by atoms with Crippen molar-refractivity contribution in [1.82, 2.24) is 14.5 Å². The predicted molar refractivity (Wildman–Crippen MR) is 84.3 cm³/mol. The van der Waals surface area contributed by atoms with E-state index in [-0.39, 0.29) is 0 Å². The fraction of sp³-hybridized carbons (Fsp3) is 0.562. The monoisotopic (exact) mass is 291 g/mol. The molecule has 1 fully saturated rings. The topological polar surface area (TPSA) is 21.1 Å². The zero-order valence-electron chi connectivity index (χ0n) is 12.3. The van der Waals surface area contributed by atoms with E-state index in [2.05, 4.69) is 46.5 Å². The van der Waals surface area contributed by atoms with Crippen molar-refractivity contribution in [3.8, 4) is 0 Å². The lowest BCUT2D eigenvalue weighted by atomic mass is 10.2. The SMILES string of the molecule is CCN(CCn1c(CCl)nc2ccc(C)cc21)C1CC1. The number of nitrogens with zero attached hydrogens (tertiary/aromatic N) is 3. The molecule has 108 valence electrons. The third kappa shape index (κ3) is 2.70. The highest BCUT2D eigenvalue weighted by Gasteiger charge is 2.27. The summed E-state index contributed by atoms with van der Waals surface area (Å²) in [6, 6.07) is 7.23. The Hall–Kier alpha value is -1.06. The second-order valence-electron chi connectivity index (χ2n) is 5.67. The van der Waals surface area contributed by atoms with E-state index in [4.69, 9.17) is 11.6 Å². The average Bonchev–Trinajstić information content (AvgIpc) is 3.22. The number of aromatic nitrogens is 2. The highest BCUT2D eigenvalue weighted by molar-refractivity contribution is 6.16. The summed E-state index contributed by atoms with van der Waals surface area (Å²) < 4.78 is 2.29. The Morgan fingerprint density at radius 1 is 1.40 bits per heavy atom. The highest BCUT2D eigenvalue weighted by Crippen LogP contribution is 2.27. The van der Waals surface area contributed by atoms with Crippen molar-refractivity contribution >= 4 is 22.6 Å². The van der Waals surface area contributed by atoms with Gasteiger partial charge in [0.1, 0.15) is 5.82 Å². The van der Waals surface area contributed by atoms with Gasteiger partial charge in [-0.3, -0.25) is 4.90 Å². The number of halogens is 1. The van der Waals surface area contributed by atoms with E-state index in [1.165, 1.54) is 23.9 Å². The van der Waals surface area contributed by atoms with Crippen LogP contribution in [0.1, 0.15) is 31.2 Å². The largest absolute Gasteiger partial charge is 0.326 e. The minimum Gasteiger partial charge on any atom is -0.326 e. The van der Waals surface area contributed by atoms with Crippen LogP contribution in [-0.4, -0.2) is 33.6 Å². The molecular weight excluding hydrogens is 270 g/mol. The Kier molecular flexibility index (Phi) is 3.99. The Morgan fingerprint density at radius 2 is 2.20 bits per heavy atom. The van der Waals surface area contributed by atoms with Crippen molar-refractivity contribution in [2.24, 2.45) is 0 Å². The summed E-state index contributed by atoms with van der Waals surface area (Å²) in [4.78, 5) is 7.22. The molecule has 1 aromatic carbocycles. The van der Waals surface area contributed by atoms with E-state index in [1.54, 1.807) is 0 Å². The second kappa shape index (κ2) is 5.74. The summed E-state index contributed by atoms with van der Waals surface area (Å²) in [7, 11) is 0.